The monoisotopic (exact) mass is 276 g/mol. The third-order valence-corrected chi connectivity index (χ3v) is 4.06. The van der Waals surface area contributed by atoms with Crippen LogP contribution in [-0.2, 0) is 0 Å². The van der Waals surface area contributed by atoms with Crippen LogP contribution < -0.4 is 4.90 Å². The van der Waals surface area contributed by atoms with Gasteiger partial charge in [0.15, 0.2) is 0 Å². The molecule has 1 heterocycles. The van der Waals surface area contributed by atoms with Crippen LogP contribution in [0, 0.1) is 0 Å². The Balaban J connectivity index is 2.02. The average Bonchev–Trinajstić information content (AvgIpc) is 2.53. The molecular formula is C19H20N2. The summed E-state index contributed by atoms with van der Waals surface area (Å²) in [6.45, 7) is 2.26. The van der Waals surface area contributed by atoms with Crippen molar-refractivity contribution in [2.45, 2.75) is 12.8 Å². The zero-order valence-electron chi connectivity index (χ0n) is 12.7. The molecule has 0 spiro atoms. The lowest BCUT2D eigenvalue weighted by atomic mass is 9.91. The van der Waals surface area contributed by atoms with Crippen molar-refractivity contribution in [1.82, 2.24) is 4.98 Å². The number of anilines is 1. The third-order valence-electron chi connectivity index (χ3n) is 4.06. The molecule has 1 unspecified atom stereocenters. The lowest BCUT2D eigenvalue weighted by Crippen LogP contribution is -2.08. The molecule has 3 aromatic rings. The van der Waals surface area contributed by atoms with Gasteiger partial charge < -0.3 is 4.90 Å². The van der Waals surface area contributed by atoms with Gasteiger partial charge in [-0.25, -0.2) is 0 Å². The van der Waals surface area contributed by atoms with E-state index in [1.54, 1.807) is 0 Å². The van der Waals surface area contributed by atoms with E-state index in [0.717, 1.165) is 5.52 Å². The maximum atomic E-state index is 4.45. The minimum Gasteiger partial charge on any atom is -0.378 e. The largest absolute Gasteiger partial charge is 0.378 e. The molecule has 0 N–H and O–H groups in total. The molecule has 0 fully saturated rings. The number of rotatable bonds is 3. The predicted molar refractivity (Wildman–Crippen MR) is 90.0 cm³/mol. The van der Waals surface area contributed by atoms with E-state index < -0.39 is 0 Å². The fourth-order valence-corrected chi connectivity index (χ4v) is 2.74. The summed E-state index contributed by atoms with van der Waals surface area (Å²) in [6, 6.07) is 19.3. The number of benzene rings is 2. The highest BCUT2D eigenvalue weighted by molar-refractivity contribution is 5.82. The lowest BCUT2D eigenvalue weighted by molar-refractivity contribution is 0.929. The zero-order chi connectivity index (χ0) is 14.8. The standard InChI is InChI=1S/C19H20N2/c1-14(15-8-10-16(11-9-15)21(2)3)17-12-13-20-19-7-5-4-6-18(17)19/h4-14H,1-3H3. The van der Waals surface area contributed by atoms with Crippen LogP contribution in [0.15, 0.2) is 60.8 Å². The Bertz CT molecular complexity index is 740. The number of aromatic nitrogens is 1. The van der Waals surface area contributed by atoms with E-state index in [1.807, 2.05) is 12.3 Å². The van der Waals surface area contributed by atoms with Gasteiger partial charge in [0.1, 0.15) is 0 Å². The summed E-state index contributed by atoms with van der Waals surface area (Å²) in [5, 5.41) is 1.24. The SMILES string of the molecule is CC(c1ccc(N(C)C)cc1)c1ccnc2ccccc12. The van der Waals surface area contributed by atoms with E-state index >= 15 is 0 Å². The fraction of sp³-hybridized carbons (Fsp3) is 0.211. The van der Waals surface area contributed by atoms with Crippen molar-refractivity contribution < 1.29 is 0 Å². The van der Waals surface area contributed by atoms with Gasteiger partial charge >= 0.3 is 0 Å². The zero-order valence-corrected chi connectivity index (χ0v) is 12.7. The minimum atomic E-state index is 0.356. The molecule has 0 bridgehead atoms. The van der Waals surface area contributed by atoms with Crippen molar-refractivity contribution in [3.63, 3.8) is 0 Å². The number of hydrogen-bond donors (Lipinski definition) is 0. The van der Waals surface area contributed by atoms with Crippen molar-refractivity contribution in [2.24, 2.45) is 0 Å². The number of pyridine rings is 1. The normalized spacial score (nSPS) is 12.3. The Morgan fingerprint density at radius 3 is 2.33 bits per heavy atom. The van der Waals surface area contributed by atoms with Gasteiger partial charge in [0.05, 0.1) is 5.52 Å². The maximum absolute atomic E-state index is 4.45. The quantitative estimate of drug-likeness (QED) is 0.702. The van der Waals surface area contributed by atoms with Crippen LogP contribution in [0.4, 0.5) is 5.69 Å². The van der Waals surface area contributed by atoms with E-state index in [-0.39, 0.29) is 0 Å². The minimum absolute atomic E-state index is 0.356. The second kappa shape index (κ2) is 5.57. The van der Waals surface area contributed by atoms with Crippen LogP contribution in [0.5, 0.6) is 0 Å². The summed E-state index contributed by atoms with van der Waals surface area (Å²) in [6.07, 6.45) is 1.91. The second-order valence-electron chi connectivity index (χ2n) is 5.62. The van der Waals surface area contributed by atoms with Crippen molar-refractivity contribution in [3.8, 4) is 0 Å². The van der Waals surface area contributed by atoms with Gasteiger partial charge in [0.2, 0.25) is 0 Å². The molecule has 2 aromatic carbocycles. The Kier molecular flexibility index (Phi) is 3.61. The van der Waals surface area contributed by atoms with Gasteiger partial charge in [-0.2, -0.15) is 0 Å². The highest BCUT2D eigenvalue weighted by Gasteiger charge is 2.12. The molecule has 0 aliphatic heterocycles. The van der Waals surface area contributed by atoms with Crippen LogP contribution in [-0.4, -0.2) is 19.1 Å². The molecule has 0 saturated carbocycles. The van der Waals surface area contributed by atoms with E-state index in [4.69, 9.17) is 0 Å². The highest BCUT2D eigenvalue weighted by atomic mass is 15.1. The fourth-order valence-electron chi connectivity index (χ4n) is 2.74. The summed E-state index contributed by atoms with van der Waals surface area (Å²) in [4.78, 5) is 6.57. The first kappa shape index (κ1) is 13.6. The smallest absolute Gasteiger partial charge is 0.0704 e. The van der Waals surface area contributed by atoms with Crippen molar-refractivity contribution in [3.05, 3.63) is 71.9 Å². The van der Waals surface area contributed by atoms with Crippen LogP contribution in [0.3, 0.4) is 0 Å². The summed E-state index contributed by atoms with van der Waals surface area (Å²) in [5.41, 5.74) is 4.95. The third kappa shape index (κ3) is 2.62. The number of fused-ring (bicyclic) bond motifs is 1. The van der Waals surface area contributed by atoms with Gasteiger partial charge in [-0.15, -0.1) is 0 Å². The van der Waals surface area contributed by atoms with Gasteiger partial charge in [0, 0.05) is 37.3 Å². The lowest BCUT2D eigenvalue weighted by Gasteiger charge is -2.17. The highest BCUT2D eigenvalue weighted by Crippen LogP contribution is 2.30. The van der Waals surface area contributed by atoms with Gasteiger partial charge in [0.25, 0.3) is 0 Å². The second-order valence-corrected chi connectivity index (χ2v) is 5.62. The topological polar surface area (TPSA) is 16.1 Å². The van der Waals surface area contributed by atoms with E-state index in [2.05, 4.69) is 79.4 Å². The molecule has 1 aromatic heterocycles. The first-order chi connectivity index (χ1) is 10.2. The Labute approximate surface area is 126 Å². The number of hydrogen-bond acceptors (Lipinski definition) is 2. The molecule has 2 heteroatoms. The number of nitrogens with zero attached hydrogens (tertiary/aromatic N) is 2. The molecular weight excluding hydrogens is 256 g/mol. The van der Waals surface area contributed by atoms with Crippen LogP contribution in [0.25, 0.3) is 10.9 Å². The Morgan fingerprint density at radius 2 is 1.62 bits per heavy atom. The molecule has 0 saturated heterocycles. The summed E-state index contributed by atoms with van der Waals surface area (Å²) in [5.74, 6) is 0.356. The summed E-state index contributed by atoms with van der Waals surface area (Å²) in [7, 11) is 4.13. The van der Waals surface area contributed by atoms with Gasteiger partial charge in [-0.1, -0.05) is 37.3 Å². The Morgan fingerprint density at radius 1 is 0.905 bits per heavy atom. The summed E-state index contributed by atoms with van der Waals surface area (Å²) >= 11 is 0. The van der Waals surface area contributed by atoms with E-state index in [1.165, 1.54) is 22.2 Å². The van der Waals surface area contributed by atoms with Crippen molar-refractivity contribution in [2.75, 3.05) is 19.0 Å². The molecule has 2 nitrogen and oxygen atoms in total. The number of para-hydroxylation sites is 1. The Hall–Kier alpha value is -2.35. The molecule has 1 atom stereocenters. The molecule has 0 amide bonds. The van der Waals surface area contributed by atoms with Crippen LogP contribution in [0.2, 0.25) is 0 Å². The maximum Gasteiger partial charge on any atom is 0.0704 e. The van der Waals surface area contributed by atoms with Gasteiger partial charge in [-0.3, -0.25) is 4.98 Å². The van der Waals surface area contributed by atoms with Gasteiger partial charge in [-0.05, 0) is 35.4 Å². The summed E-state index contributed by atoms with van der Waals surface area (Å²) < 4.78 is 0. The molecule has 3 rings (SSSR count). The van der Waals surface area contributed by atoms with Crippen LogP contribution in [0.1, 0.15) is 24.0 Å². The van der Waals surface area contributed by atoms with E-state index in [9.17, 15) is 0 Å². The van der Waals surface area contributed by atoms with E-state index in [0.29, 0.717) is 5.92 Å². The molecule has 0 aliphatic carbocycles. The molecule has 0 aliphatic rings. The van der Waals surface area contributed by atoms with Crippen molar-refractivity contribution in [1.29, 1.82) is 0 Å². The molecule has 0 radical (unpaired) electrons. The first-order valence-electron chi connectivity index (χ1n) is 7.28. The predicted octanol–water partition coefficient (Wildman–Crippen LogP) is 4.45. The van der Waals surface area contributed by atoms with Crippen molar-refractivity contribution >= 4 is 16.6 Å². The molecule has 21 heavy (non-hydrogen) atoms. The first-order valence-corrected chi connectivity index (χ1v) is 7.28. The average molecular weight is 276 g/mol. The van der Waals surface area contributed by atoms with Crippen LogP contribution >= 0.6 is 0 Å². The molecule has 106 valence electrons.